The maximum Gasteiger partial charge on any atom is 3.00 e. The van der Waals surface area contributed by atoms with Gasteiger partial charge in [0, 0.05) is 58.7 Å². The molecule has 0 atom stereocenters. The molecule has 426 valence electrons. The molecule has 12 aromatic rings. The third-order valence-electron chi connectivity index (χ3n) is 11.5. The summed E-state index contributed by atoms with van der Waals surface area (Å²) in [6.07, 6.45) is 10.5. The molecule has 0 unspecified atom stereocenters. The predicted molar refractivity (Wildman–Crippen MR) is 311 cm³/mol. The number of rotatable bonds is 8. The fourth-order valence-corrected chi connectivity index (χ4v) is 8.27. The normalized spacial score (nSPS) is 10.0. The third-order valence-corrected chi connectivity index (χ3v) is 11.5. The van der Waals surface area contributed by atoms with Crippen LogP contribution in [0.5, 0.6) is 0 Å². The van der Waals surface area contributed by atoms with E-state index in [1.165, 1.54) is 0 Å². The van der Waals surface area contributed by atoms with Crippen molar-refractivity contribution in [2.24, 2.45) is 0 Å². The van der Waals surface area contributed by atoms with Gasteiger partial charge in [0.15, 0.2) is 0 Å². The molecule has 0 aliphatic heterocycles. The number of aromatic nitrogens is 9. The summed E-state index contributed by atoms with van der Waals surface area (Å²) in [6.45, 7) is 6.78. The molecule has 0 spiro atoms. The summed E-state index contributed by atoms with van der Waals surface area (Å²) in [6, 6.07) is 38.7. The third kappa shape index (κ3) is 15.4. The first kappa shape index (κ1) is 66.8. The van der Waals surface area contributed by atoms with Crippen LogP contribution in [0, 0.1) is 50.9 Å². The van der Waals surface area contributed by atoms with Crippen LogP contribution in [0.4, 0.5) is 0 Å². The topological polar surface area (TPSA) is 384 Å². The molecule has 0 aliphatic carbocycles. The molecule has 0 fully saturated rings. The molecule has 0 amide bonds. The minimum absolute atomic E-state index is 0. The van der Waals surface area contributed by atoms with Crippen molar-refractivity contribution in [2.75, 3.05) is 26.4 Å². The maximum absolute atomic E-state index is 13.9. The Morgan fingerprint density at radius 3 is 0.726 bits per heavy atom. The van der Waals surface area contributed by atoms with Gasteiger partial charge in [0.25, 0.3) is 0 Å². The van der Waals surface area contributed by atoms with E-state index in [0.717, 1.165) is 0 Å². The van der Waals surface area contributed by atoms with Crippen LogP contribution in [-0.2, 0) is 18.9 Å². The molecule has 12 rings (SSSR count). The van der Waals surface area contributed by atoms with E-state index in [1.807, 2.05) is 103 Å². The zero-order valence-electron chi connectivity index (χ0n) is 45.5. The number of hydrogen-bond acceptors (Lipinski definition) is 18. The van der Waals surface area contributed by atoms with Crippen molar-refractivity contribution in [1.82, 2.24) is 44.9 Å². The number of carbonyl (C=O) groups excluding carboxylic acids is 4. The van der Waals surface area contributed by atoms with Crippen LogP contribution in [-0.4, -0.2) is 107 Å². The number of nitrogens with zero attached hydrogens (tertiary/aromatic N) is 10. The molecule has 24 nitrogen and oxygen atoms in total. The number of fused-ring (bicyclic) bond motifs is 12. The van der Waals surface area contributed by atoms with Gasteiger partial charge in [-0.3, -0.25) is 15.0 Å². The summed E-state index contributed by atoms with van der Waals surface area (Å²) in [5.41, 5.74) is 2.53. The van der Waals surface area contributed by atoms with Crippen molar-refractivity contribution < 1.29 is 95.2 Å². The van der Waals surface area contributed by atoms with Crippen LogP contribution in [0.15, 0.2) is 165 Å². The second kappa shape index (κ2) is 32.0. The Balaban J connectivity index is 0.000000488. The van der Waals surface area contributed by atoms with Crippen LogP contribution in [0.1, 0.15) is 69.1 Å². The minimum Gasteiger partial charge on any atom is -0.653 e. The second-order valence-corrected chi connectivity index (χ2v) is 16.5. The quantitative estimate of drug-likeness (QED) is 0.0454. The van der Waals surface area contributed by atoms with Gasteiger partial charge in [-0.05, 0) is 88.4 Å². The monoisotopic (exact) mass is 1260 g/mol. The van der Waals surface area contributed by atoms with E-state index >= 15 is 0 Å². The standard InChI is InChI=1S/C44H34N6O8.3C5H5N.La.NO3.3H2O/c1-5-55-41(51)29-30(42(52)56-6-2)38-26-18-14-22-11-12-24-16-20-28(48-36(24)35(22)46-26)40-32(44(54)58-8-4)31(43(53)57-7-3)39(50-40)27-19-15-23-10-9-21-13-17-25(37(29)49-38)45-33(21)34(23)47-27;3*1-2-4-6-5-3-1;;2-1(3)4;;;/h9-20H,5-8H2,1-4H3,(H2,45,46,47,48,49,50,51,52,53,54);3*1-5H;;;3*1H2/q;;;;+3;-1;;;/p-2. The first-order valence-corrected chi connectivity index (χ1v) is 24.9. The van der Waals surface area contributed by atoms with Gasteiger partial charge in [-0.2, -0.15) is 0 Å². The first-order valence-electron chi connectivity index (χ1n) is 24.9. The van der Waals surface area contributed by atoms with E-state index in [4.69, 9.17) is 64.2 Å². The van der Waals surface area contributed by atoms with E-state index in [-0.39, 0.29) is 145 Å². The molecule has 84 heavy (non-hydrogen) atoms. The molecule has 6 N–H and O–H groups in total. The van der Waals surface area contributed by atoms with Crippen LogP contribution < -0.4 is 9.97 Å². The van der Waals surface area contributed by atoms with E-state index in [1.54, 1.807) is 89.1 Å². The number of pyridine rings is 7. The molecular weight excluding hydrogens is 1210 g/mol. The van der Waals surface area contributed by atoms with E-state index < -0.39 is 29.0 Å². The molecule has 0 radical (unpaired) electrons. The van der Waals surface area contributed by atoms with Gasteiger partial charge in [0.2, 0.25) is 0 Å². The van der Waals surface area contributed by atoms with Crippen molar-refractivity contribution in [3.63, 3.8) is 0 Å². The van der Waals surface area contributed by atoms with Crippen molar-refractivity contribution in [3.8, 4) is 0 Å². The SMILES string of the molecule is CCOC(=O)c1c(C(=O)OCC)c2[n-]c1c1ccc3ccc4ccc(nc4c3n1)c1[n-]c(c(C(=O)OCC)c1C(=O)OCC)c1ccc3ccc4ccc2nc4c3n1.O.O.O.O=[N+]([O-])[O-].[La+3].c1ccncc1.c1ccncc1.c1ccncc1. The Labute approximate surface area is 504 Å². The molecule has 12 bridgehead atoms. The summed E-state index contributed by atoms with van der Waals surface area (Å²) in [5.74, 6) is -3.15. The molecular formula is C59H53LaN10O14. The smallest absolute Gasteiger partial charge is 0.653 e. The molecule has 10 heterocycles. The Morgan fingerprint density at radius 1 is 0.381 bits per heavy atom. The molecule has 0 saturated carbocycles. The average molecular weight is 1270 g/mol. The van der Waals surface area contributed by atoms with Crippen LogP contribution in [0.3, 0.4) is 0 Å². The zero-order chi connectivity index (χ0) is 56.5. The van der Waals surface area contributed by atoms with Gasteiger partial charge in [0.05, 0.1) is 97.9 Å². The predicted octanol–water partition coefficient (Wildman–Crippen LogP) is 8.21. The Hall–Kier alpha value is -9.76. The van der Waals surface area contributed by atoms with E-state index in [0.29, 0.717) is 43.6 Å². The first-order chi connectivity index (χ1) is 39.0. The zero-order valence-corrected chi connectivity index (χ0v) is 49.1. The van der Waals surface area contributed by atoms with Crippen LogP contribution in [0.2, 0.25) is 0 Å². The van der Waals surface area contributed by atoms with Gasteiger partial charge in [0.1, 0.15) is 0 Å². The number of esters is 4. The fourth-order valence-electron chi connectivity index (χ4n) is 8.27. The van der Waals surface area contributed by atoms with Crippen LogP contribution in [0.25, 0.3) is 87.7 Å². The summed E-state index contributed by atoms with van der Waals surface area (Å²) < 4.78 is 22.0. The van der Waals surface area contributed by atoms with Crippen molar-refractivity contribution in [2.45, 2.75) is 27.7 Å². The maximum atomic E-state index is 13.9. The Bertz CT molecular complexity index is 3650. The number of benzene rings is 2. The summed E-state index contributed by atoms with van der Waals surface area (Å²) in [4.78, 5) is 105. The minimum atomic E-state index is -1.75. The molecule has 2 aromatic carbocycles. The number of carbonyl (C=O) groups is 4. The van der Waals surface area contributed by atoms with Crippen molar-refractivity contribution >= 4 is 112 Å². The molecule has 25 heteroatoms. The number of ether oxygens (including phenoxy) is 4. The summed E-state index contributed by atoms with van der Waals surface area (Å²) >= 11 is 0. The fraction of sp³-hybridized carbons (Fsp3) is 0.136. The average Bonchev–Trinajstić information content (AvgIpc) is 3.09. The van der Waals surface area contributed by atoms with Crippen LogP contribution >= 0.6 is 0 Å². The largest absolute Gasteiger partial charge is 3.00 e. The van der Waals surface area contributed by atoms with Gasteiger partial charge in [-0.15, -0.1) is 0 Å². The van der Waals surface area contributed by atoms with E-state index in [9.17, 15) is 19.2 Å². The van der Waals surface area contributed by atoms with Crippen molar-refractivity contribution in [3.05, 3.63) is 202 Å². The van der Waals surface area contributed by atoms with Gasteiger partial charge in [-0.1, -0.05) is 88.8 Å². The number of hydrogen-bond donors (Lipinski definition) is 0. The molecule has 0 saturated heterocycles. The Morgan fingerprint density at radius 2 is 0.571 bits per heavy atom. The van der Waals surface area contributed by atoms with Gasteiger partial charge >= 0.3 is 59.5 Å². The van der Waals surface area contributed by atoms with E-state index in [2.05, 4.69) is 15.0 Å². The van der Waals surface area contributed by atoms with Gasteiger partial charge in [-0.25, -0.2) is 39.1 Å². The Kier molecular flexibility index (Phi) is 25.5. The summed E-state index contributed by atoms with van der Waals surface area (Å²) in [5, 5.41) is 17.5. The summed E-state index contributed by atoms with van der Waals surface area (Å²) in [7, 11) is 0. The second-order valence-electron chi connectivity index (χ2n) is 16.5. The van der Waals surface area contributed by atoms with Gasteiger partial charge < -0.3 is 60.7 Å². The molecule has 10 aromatic heterocycles. The molecule has 0 aliphatic rings. The van der Waals surface area contributed by atoms with Crippen molar-refractivity contribution in [1.29, 1.82) is 0 Å².